The van der Waals surface area contributed by atoms with Gasteiger partial charge >= 0.3 is 0 Å². The number of carbonyl (C=O) groups is 2. The van der Waals surface area contributed by atoms with Crippen LogP contribution in [0.15, 0.2) is 0 Å². The molecule has 0 saturated heterocycles. The molecule has 0 aliphatic carbocycles. The van der Waals surface area contributed by atoms with Gasteiger partial charge in [0.15, 0.2) is 0 Å². The van der Waals surface area contributed by atoms with Gasteiger partial charge in [0.1, 0.15) is 6.29 Å². The van der Waals surface area contributed by atoms with Crippen molar-refractivity contribution >= 4 is 12.2 Å². The molecule has 0 aromatic heterocycles. The summed E-state index contributed by atoms with van der Waals surface area (Å²) in [6, 6.07) is -0.640. The molecule has 2 N–H and O–H groups in total. The molecule has 0 aliphatic rings. The predicted molar refractivity (Wildman–Crippen MR) is 60.5 cm³/mol. The van der Waals surface area contributed by atoms with Crippen molar-refractivity contribution in [3.8, 4) is 0 Å². The fourth-order valence-corrected chi connectivity index (χ4v) is 1.38. The Hall–Kier alpha value is -0.900. The van der Waals surface area contributed by atoms with Gasteiger partial charge in [-0.15, -0.1) is 0 Å². The zero-order chi connectivity index (χ0) is 12.0. The van der Waals surface area contributed by atoms with Gasteiger partial charge in [0.2, 0.25) is 5.91 Å². The van der Waals surface area contributed by atoms with Gasteiger partial charge in [-0.05, 0) is 18.9 Å². The van der Waals surface area contributed by atoms with E-state index in [4.69, 9.17) is 0 Å². The largest absolute Gasteiger partial charge is 0.345 e. The van der Waals surface area contributed by atoms with Crippen molar-refractivity contribution < 1.29 is 9.59 Å². The summed E-state index contributed by atoms with van der Waals surface area (Å²) in [5.74, 6) is 0.212. The third kappa shape index (κ3) is 4.42. The van der Waals surface area contributed by atoms with Crippen LogP contribution in [0.25, 0.3) is 0 Å². The Balaban J connectivity index is 4.38. The molecule has 0 radical (unpaired) electrons. The standard InChI is InChI=1S/C11H22N2O2/c1-7(2)9(6-14)13-11(15)10(12-5)8(3)4/h6-10,12H,1-5H3,(H,13,15)/t9-,10+/m1/s1. The van der Waals surface area contributed by atoms with Crippen molar-refractivity contribution in [2.45, 2.75) is 39.8 Å². The van der Waals surface area contributed by atoms with E-state index < -0.39 is 6.04 Å². The number of nitrogens with one attached hydrogen (secondary N) is 2. The number of aldehydes is 1. The fourth-order valence-electron chi connectivity index (χ4n) is 1.38. The fraction of sp³-hybridized carbons (Fsp3) is 0.818. The molecule has 4 heteroatoms. The lowest BCUT2D eigenvalue weighted by Gasteiger charge is -2.23. The second kappa shape index (κ2) is 6.56. The lowest BCUT2D eigenvalue weighted by molar-refractivity contribution is -0.127. The van der Waals surface area contributed by atoms with Crippen LogP contribution < -0.4 is 10.6 Å². The van der Waals surface area contributed by atoms with Crippen molar-refractivity contribution in [2.24, 2.45) is 11.8 Å². The van der Waals surface area contributed by atoms with Crippen LogP contribution in [0.3, 0.4) is 0 Å². The first kappa shape index (κ1) is 14.1. The van der Waals surface area contributed by atoms with Crippen LogP contribution in [0.2, 0.25) is 0 Å². The summed E-state index contributed by atoms with van der Waals surface area (Å²) < 4.78 is 0. The quantitative estimate of drug-likeness (QED) is 0.636. The van der Waals surface area contributed by atoms with Gasteiger partial charge in [-0.1, -0.05) is 27.7 Å². The van der Waals surface area contributed by atoms with Crippen molar-refractivity contribution in [1.29, 1.82) is 0 Å². The number of amides is 1. The van der Waals surface area contributed by atoms with E-state index in [9.17, 15) is 9.59 Å². The molecule has 0 saturated carbocycles. The van der Waals surface area contributed by atoms with E-state index in [1.165, 1.54) is 0 Å². The van der Waals surface area contributed by atoms with Crippen LogP contribution in [-0.2, 0) is 9.59 Å². The second-order valence-electron chi connectivity index (χ2n) is 4.42. The van der Waals surface area contributed by atoms with Gasteiger partial charge in [-0.25, -0.2) is 0 Å². The van der Waals surface area contributed by atoms with E-state index in [2.05, 4.69) is 10.6 Å². The van der Waals surface area contributed by atoms with E-state index in [1.807, 2.05) is 27.7 Å². The lowest BCUT2D eigenvalue weighted by Crippen LogP contribution is -2.51. The highest BCUT2D eigenvalue weighted by Crippen LogP contribution is 2.04. The van der Waals surface area contributed by atoms with Gasteiger partial charge in [-0.2, -0.15) is 0 Å². The van der Waals surface area contributed by atoms with Gasteiger partial charge in [0.05, 0.1) is 12.1 Å². The maximum atomic E-state index is 11.8. The van der Waals surface area contributed by atoms with Gasteiger partial charge in [0.25, 0.3) is 0 Å². The van der Waals surface area contributed by atoms with Crippen molar-refractivity contribution in [3.05, 3.63) is 0 Å². The number of hydrogen-bond acceptors (Lipinski definition) is 3. The average Bonchev–Trinajstić information content (AvgIpc) is 2.14. The maximum absolute atomic E-state index is 11.8. The molecule has 0 aliphatic heterocycles. The van der Waals surface area contributed by atoms with Crippen LogP contribution in [0, 0.1) is 11.8 Å². The molecule has 0 rings (SSSR count). The minimum absolute atomic E-state index is 0.113. The van der Waals surface area contributed by atoms with Crippen molar-refractivity contribution in [1.82, 2.24) is 10.6 Å². The molecule has 0 unspecified atom stereocenters. The number of carbonyl (C=O) groups excluding carboxylic acids is 2. The van der Waals surface area contributed by atoms with E-state index >= 15 is 0 Å². The van der Waals surface area contributed by atoms with Gasteiger partial charge in [0, 0.05) is 0 Å². The molecule has 2 atom stereocenters. The summed E-state index contributed by atoms with van der Waals surface area (Å²) in [6.07, 6.45) is 0.787. The molecule has 88 valence electrons. The molecule has 0 aromatic rings. The van der Waals surface area contributed by atoms with Crippen LogP contribution in [0.1, 0.15) is 27.7 Å². The SMILES string of the molecule is CN[C@H](C(=O)N[C@H](C=O)C(C)C)C(C)C. The molecular weight excluding hydrogens is 192 g/mol. The molecule has 0 bridgehead atoms. The molecule has 0 aromatic carbocycles. The molecule has 4 nitrogen and oxygen atoms in total. The normalized spacial score (nSPS) is 15.1. The Labute approximate surface area is 91.8 Å². The Morgan fingerprint density at radius 2 is 1.67 bits per heavy atom. The van der Waals surface area contributed by atoms with E-state index in [0.717, 1.165) is 6.29 Å². The Kier molecular flexibility index (Phi) is 6.17. The minimum atomic E-state index is -0.396. The topological polar surface area (TPSA) is 58.2 Å². The number of hydrogen-bond donors (Lipinski definition) is 2. The first-order chi connectivity index (χ1) is 6.93. The van der Waals surface area contributed by atoms with Gasteiger partial charge in [-0.3, -0.25) is 4.79 Å². The Bertz CT molecular complexity index is 215. The first-order valence-corrected chi connectivity index (χ1v) is 5.37. The molecule has 1 amide bonds. The summed E-state index contributed by atoms with van der Waals surface area (Å²) in [7, 11) is 1.75. The smallest absolute Gasteiger partial charge is 0.237 e. The molecular formula is C11H22N2O2. The number of rotatable bonds is 6. The summed E-state index contributed by atoms with van der Waals surface area (Å²) in [5, 5.41) is 5.67. The van der Waals surface area contributed by atoms with E-state index in [0.29, 0.717) is 0 Å². The zero-order valence-electron chi connectivity index (χ0n) is 10.2. The van der Waals surface area contributed by atoms with E-state index in [1.54, 1.807) is 7.05 Å². The third-order valence-corrected chi connectivity index (χ3v) is 2.43. The first-order valence-electron chi connectivity index (χ1n) is 5.37. The predicted octanol–water partition coefficient (Wildman–Crippen LogP) is 0.570. The summed E-state index contributed by atoms with van der Waals surface area (Å²) >= 11 is 0. The highest BCUT2D eigenvalue weighted by molar-refractivity contribution is 5.84. The van der Waals surface area contributed by atoms with Crippen LogP contribution in [0.5, 0.6) is 0 Å². The Morgan fingerprint density at radius 1 is 1.13 bits per heavy atom. The van der Waals surface area contributed by atoms with Crippen LogP contribution in [-0.4, -0.2) is 31.3 Å². The van der Waals surface area contributed by atoms with E-state index in [-0.39, 0.29) is 23.8 Å². The average molecular weight is 214 g/mol. The minimum Gasteiger partial charge on any atom is -0.345 e. The lowest BCUT2D eigenvalue weighted by atomic mass is 10.0. The van der Waals surface area contributed by atoms with Gasteiger partial charge < -0.3 is 15.4 Å². The Morgan fingerprint density at radius 3 is 1.93 bits per heavy atom. The highest BCUT2D eigenvalue weighted by Gasteiger charge is 2.23. The molecule has 0 fully saturated rings. The third-order valence-electron chi connectivity index (χ3n) is 2.43. The van der Waals surface area contributed by atoms with Crippen LogP contribution >= 0.6 is 0 Å². The summed E-state index contributed by atoms with van der Waals surface area (Å²) in [5.41, 5.74) is 0. The van der Waals surface area contributed by atoms with Crippen molar-refractivity contribution in [3.63, 3.8) is 0 Å². The van der Waals surface area contributed by atoms with Crippen molar-refractivity contribution in [2.75, 3.05) is 7.05 Å². The van der Waals surface area contributed by atoms with Crippen LogP contribution in [0.4, 0.5) is 0 Å². The second-order valence-corrected chi connectivity index (χ2v) is 4.42. The summed E-state index contributed by atoms with van der Waals surface area (Å²) in [6.45, 7) is 7.74. The molecule has 0 heterocycles. The molecule has 0 spiro atoms. The summed E-state index contributed by atoms with van der Waals surface area (Å²) in [4.78, 5) is 22.5. The monoisotopic (exact) mass is 214 g/mol. The number of likely N-dealkylation sites (N-methyl/N-ethyl adjacent to an activating group) is 1. The zero-order valence-corrected chi connectivity index (χ0v) is 10.2. The highest BCUT2D eigenvalue weighted by atomic mass is 16.2. The maximum Gasteiger partial charge on any atom is 0.237 e. The molecule has 15 heavy (non-hydrogen) atoms.